The van der Waals surface area contributed by atoms with E-state index in [-0.39, 0.29) is 0 Å². The quantitative estimate of drug-likeness (QED) is 0.215. The van der Waals surface area contributed by atoms with Crippen LogP contribution in [0.25, 0.3) is 56.4 Å². The van der Waals surface area contributed by atoms with Crippen molar-refractivity contribution in [3.63, 3.8) is 0 Å². The highest BCUT2D eigenvalue weighted by atomic mass is 16.5. The van der Waals surface area contributed by atoms with Gasteiger partial charge >= 0.3 is 0 Å². The Morgan fingerprint density at radius 2 is 0.763 bits per heavy atom. The van der Waals surface area contributed by atoms with Gasteiger partial charge in [-0.25, -0.2) is 9.97 Å². The first-order valence-electron chi connectivity index (χ1n) is 12.2. The molecule has 0 fully saturated rings. The fourth-order valence-electron chi connectivity index (χ4n) is 4.43. The van der Waals surface area contributed by atoms with Gasteiger partial charge in [-0.3, -0.25) is 0 Å². The third-order valence-corrected chi connectivity index (χ3v) is 6.30. The van der Waals surface area contributed by atoms with Gasteiger partial charge in [0.05, 0.1) is 11.4 Å². The molecule has 4 aromatic heterocycles. The van der Waals surface area contributed by atoms with Crippen LogP contribution < -0.4 is 9.46 Å². The molecule has 0 bridgehead atoms. The summed E-state index contributed by atoms with van der Waals surface area (Å²) < 4.78 is 1.62. The van der Waals surface area contributed by atoms with Gasteiger partial charge in [0.15, 0.2) is 12.4 Å². The molecule has 0 N–H and O–H groups in total. The van der Waals surface area contributed by atoms with Gasteiger partial charge in [-0.05, 0) is 58.7 Å². The Morgan fingerprint density at radius 3 is 1.16 bits per heavy atom. The second kappa shape index (κ2) is 9.95. The molecule has 38 heavy (non-hydrogen) atoms. The molecule has 6 rings (SSSR count). The summed E-state index contributed by atoms with van der Waals surface area (Å²) in [6, 6.07) is 38.1. The summed E-state index contributed by atoms with van der Waals surface area (Å²) in [5.74, 6) is 0. The Labute approximate surface area is 220 Å². The molecular weight excluding hydrogens is 472 g/mol. The number of pyridine rings is 4. The summed E-state index contributed by atoms with van der Waals surface area (Å²) in [4.78, 5) is 9.77. The maximum atomic E-state index is 12.7. The topological polar surface area (TPSA) is 79.7 Å². The van der Waals surface area contributed by atoms with Crippen molar-refractivity contribution in [2.45, 2.75) is 0 Å². The lowest BCUT2D eigenvalue weighted by Crippen LogP contribution is -2.28. The zero-order chi connectivity index (χ0) is 25.9. The molecule has 4 heterocycles. The number of hydrogen-bond donors (Lipinski definition) is 0. The number of hydrogen-bond acceptors (Lipinski definition) is 4. The smallest absolute Gasteiger partial charge is 0.242 e. The predicted molar refractivity (Wildman–Crippen MR) is 147 cm³/mol. The summed E-state index contributed by atoms with van der Waals surface area (Å²) in [6.07, 6.45) is 2.92. The van der Waals surface area contributed by atoms with Crippen LogP contribution in [0, 0.1) is 10.4 Å². The third-order valence-electron chi connectivity index (χ3n) is 6.30. The van der Waals surface area contributed by atoms with Gasteiger partial charge in [-0.1, -0.05) is 60.7 Å². The Hall–Kier alpha value is -5.36. The molecule has 0 saturated heterocycles. The molecule has 0 radical (unpaired) electrons. The molecule has 0 aliphatic rings. The van der Waals surface area contributed by atoms with Gasteiger partial charge in [0, 0.05) is 24.3 Å². The van der Waals surface area contributed by atoms with Gasteiger partial charge in [0.25, 0.3) is 0 Å². The molecule has 0 unspecified atom stereocenters. The molecule has 0 saturated carbocycles. The summed E-state index contributed by atoms with van der Waals surface area (Å²) in [6.45, 7) is 0. The standard InChI is InChI=1S/C32H22N4O2/c37-35-17-9-7-15-31(35)29-21-25(23-11-3-1-4-12-23)19-27(33-29)28-20-26(24-13-5-2-6-14-24)22-30(34-28)32-16-8-10-18-36(32)38/h1-22H. The maximum Gasteiger partial charge on any atom is 0.242 e. The fourth-order valence-corrected chi connectivity index (χ4v) is 4.43. The van der Waals surface area contributed by atoms with E-state index in [2.05, 4.69) is 0 Å². The minimum atomic E-state index is 0.437. The Bertz CT molecular complexity index is 1610. The first-order chi connectivity index (χ1) is 18.7. The van der Waals surface area contributed by atoms with E-state index in [4.69, 9.17) is 9.97 Å². The highest BCUT2D eigenvalue weighted by Gasteiger charge is 2.18. The van der Waals surface area contributed by atoms with E-state index in [9.17, 15) is 10.4 Å². The average Bonchev–Trinajstić information content (AvgIpc) is 2.98. The van der Waals surface area contributed by atoms with Crippen molar-refractivity contribution in [1.29, 1.82) is 0 Å². The van der Waals surface area contributed by atoms with E-state index in [0.29, 0.717) is 34.2 Å². The summed E-state index contributed by atoms with van der Waals surface area (Å²) in [5.41, 5.74) is 6.92. The van der Waals surface area contributed by atoms with Crippen LogP contribution in [0.5, 0.6) is 0 Å². The van der Waals surface area contributed by atoms with Crippen molar-refractivity contribution < 1.29 is 9.46 Å². The number of benzene rings is 2. The maximum absolute atomic E-state index is 12.7. The first kappa shape index (κ1) is 23.1. The van der Waals surface area contributed by atoms with Crippen LogP contribution in [0.3, 0.4) is 0 Å². The molecule has 0 spiro atoms. The molecule has 0 aliphatic carbocycles. The van der Waals surface area contributed by atoms with Crippen LogP contribution in [-0.4, -0.2) is 9.97 Å². The SMILES string of the molecule is [O-][n+]1ccccc1-c1cc(-c2ccccc2)cc(-c2cc(-c3ccccc3)cc(-c3cccc[n+]3[O-])n2)n1. The summed E-state index contributed by atoms with van der Waals surface area (Å²) in [7, 11) is 0. The average molecular weight is 495 g/mol. The van der Waals surface area contributed by atoms with Gasteiger partial charge in [0.1, 0.15) is 11.4 Å². The third kappa shape index (κ3) is 4.58. The van der Waals surface area contributed by atoms with Crippen molar-refractivity contribution in [2.24, 2.45) is 0 Å². The zero-order valence-electron chi connectivity index (χ0n) is 20.3. The minimum Gasteiger partial charge on any atom is -0.618 e. The van der Waals surface area contributed by atoms with E-state index < -0.39 is 0 Å². The Balaban J connectivity index is 1.61. The molecule has 6 heteroatoms. The van der Waals surface area contributed by atoms with E-state index in [1.54, 1.807) is 24.3 Å². The normalized spacial score (nSPS) is 10.8. The highest BCUT2D eigenvalue weighted by Crippen LogP contribution is 2.32. The molecular formula is C32H22N4O2. The van der Waals surface area contributed by atoms with Gasteiger partial charge in [0.2, 0.25) is 11.4 Å². The second-order valence-electron chi connectivity index (χ2n) is 8.81. The second-order valence-corrected chi connectivity index (χ2v) is 8.81. The van der Waals surface area contributed by atoms with Crippen molar-refractivity contribution in [2.75, 3.05) is 0 Å². The van der Waals surface area contributed by atoms with Crippen LogP contribution in [0.15, 0.2) is 134 Å². The van der Waals surface area contributed by atoms with Crippen molar-refractivity contribution in [3.05, 3.63) is 144 Å². The molecule has 0 aliphatic heterocycles. The largest absolute Gasteiger partial charge is 0.618 e. The van der Waals surface area contributed by atoms with Crippen LogP contribution in [-0.2, 0) is 0 Å². The van der Waals surface area contributed by atoms with E-state index in [0.717, 1.165) is 31.7 Å². The lowest BCUT2D eigenvalue weighted by molar-refractivity contribution is -0.594. The van der Waals surface area contributed by atoms with Crippen molar-refractivity contribution >= 4 is 0 Å². The first-order valence-corrected chi connectivity index (χ1v) is 12.2. The molecule has 6 aromatic rings. The van der Waals surface area contributed by atoms with Crippen LogP contribution in [0.1, 0.15) is 0 Å². The molecule has 0 amide bonds. The Kier molecular flexibility index (Phi) is 6.04. The van der Waals surface area contributed by atoms with E-state index >= 15 is 0 Å². The lowest BCUT2D eigenvalue weighted by atomic mass is 10.00. The minimum absolute atomic E-state index is 0.437. The monoisotopic (exact) mass is 494 g/mol. The van der Waals surface area contributed by atoms with Crippen molar-refractivity contribution in [3.8, 4) is 56.4 Å². The van der Waals surface area contributed by atoms with Gasteiger partial charge in [-0.15, -0.1) is 0 Å². The zero-order valence-corrected chi connectivity index (χ0v) is 20.3. The lowest BCUT2D eigenvalue weighted by Gasteiger charge is -2.12. The summed E-state index contributed by atoms with van der Waals surface area (Å²) in [5, 5.41) is 25.3. The molecule has 2 aromatic carbocycles. The highest BCUT2D eigenvalue weighted by molar-refractivity contribution is 5.78. The van der Waals surface area contributed by atoms with E-state index in [1.165, 1.54) is 12.4 Å². The molecule has 6 nitrogen and oxygen atoms in total. The Morgan fingerprint density at radius 1 is 0.395 bits per heavy atom. The predicted octanol–water partition coefficient (Wildman–Crippen LogP) is 6.08. The number of nitrogens with zero attached hydrogens (tertiary/aromatic N) is 4. The van der Waals surface area contributed by atoms with Crippen LogP contribution in [0.4, 0.5) is 0 Å². The van der Waals surface area contributed by atoms with Crippen LogP contribution >= 0.6 is 0 Å². The van der Waals surface area contributed by atoms with Crippen LogP contribution in [0.2, 0.25) is 0 Å². The molecule has 0 atom stereocenters. The fraction of sp³-hybridized carbons (Fsp3) is 0. The van der Waals surface area contributed by atoms with Gasteiger partial charge in [-0.2, -0.15) is 9.46 Å². The van der Waals surface area contributed by atoms with E-state index in [1.807, 2.05) is 97.1 Å². The summed E-state index contributed by atoms with van der Waals surface area (Å²) >= 11 is 0. The number of rotatable bonds is 5. The number of aromatic nitrogens is 4. The molecule has 182 valence electrons. The van der Waals surface area contributed by atoms with Crippen molar-refractivity contribution in [1.82, 2.24) is 9.97 Å². The van der Waals surface area contributed by atoms with Gasteiger partial charge < -0.3 is 10.4 Å².